The molecule has 2 aromatic rings. The Morgan fingerprint density at radius 2 is 2.13 bits per heavy atom. The van der Waals surface area contributed by atoms with Crippen molar-refractivity contribution in [3.63, 3.8) is 0 Å². The van der Waals surface area contributed by atoms with E-state index in [1.807, 2.05) is 30.3 Å². The quantitative estimate of drug-likeness (QED) is 0.872. The molecule has 0 spiro atoms. The number of ether oxygens (including phenoxy) is 1. The van der Waals surface area contributed by atoms with Gasteiger partial charge in [0.15, 0.2) is 0 Å². The van der Waals surface area contributed by atoms with Crippen LogP contribution < -0.4 is 4.72 Å². The first-order valence-electron chi connectivity index (χ1n) is 7.35. The normalized spacial score (nSPS) is 19.8. The lowest BCUT2D eigenvalue weighted by atomic mass is 10.2. The lowest BCUT2D eigenvalue weighted by Gasteiger charge is -2.31. The molecule has 0 saturated carbocycles. The summed E-state index contributed by atoms with van der Waals surface area (Å²) in [7, 11) is -3.61. The summed E-state index contributed by atoms with van der Waals surface area (Å²) < 4.78 is 39.1. The van der Waals surface area contributed by atoms with Crippen molar-refractivity contribution in [1.29, 1.82) is 0 Å². The molecule has 1 N–H and O–H groups in total. The third-order valence-electron chi connectivity index (χ3n) is 3.47. The number of hydrogen-bond acceptors (Lipinski definition) is 6. The molecule has 1 aromatic carbocycles. The molecular formula is C14H18N4O4S. The van der Waals surface area contributed by atoms with E-state index in [1.54, 1.807) is 6.92 Å². The number of nitrogens with one attached hydrogen (secondary N) is 1. The Morgan fingerprint density at radius 1 is 1.35 bits per heavy atom. The Hall–Kier alpha value is -1.81. The highest BCUT2D eigenvalue weighted by Gasteiger charge is 2.37. The van der Waals surface area contributed by atoms with Crippen LogP contribution in [0, 0.1) is 0 Å². The number of rotatable bonds is 5. The van der Waals surface area contributed by atoms with Gasteiger partial charge in [0.1, 0.15) is 6.04 Å². The van der Waals surface area contributed by atoms with E-state index in [1.165, 1.54) is 4.31 Å². The zero-order chi connectivity index (χ0) is 16.3. The molecule has 1 unspecified atom stereocenters. The predicted molar refractivity (Wildman–Crippen MR) is 82.6 cm³/mol. The summed E-state index contributed by atoms with van der Waals surface area (Å²) in [5, 5.41) is 3.94. The van der Waals surface area contributed by atoms with Gasteiger partial charge in [-0.25, -0.2) is 4.72 Å². The number of hydrogen-bond donors (Lipinski definition) is 1. The van der Waals surface area contributed by atoms with E-state index in [0.29, 0.717) is 19.0 Å². The average molecular weight is 338 g/mol. The Balaban J connectivity index is 1.89. The molecule has 1 aliphatic rings. The fraction of sp³-hybridized carbons (Fsp3) is 0.429. The van der Waals surface area contributed by atoms with Crippen LogP contribution in [0.25, 0.3) is 11.4 Å². The van der Waals surface area contributed by atoms with E-state index in [9.17, 15) is 8.42 Å². The van der Waals surface area contributed by atoms with Crippen molar-refractivity contribution in [2.75, 3.05) is 26.3 Å². The molecule has 9 heteroatoms. The van der Waals surface area contributed by atoms with Gasteiger partial charge in [0.25, 0.3) is 10.2 Å². The number of nitrogens with zero attached hydrogens (tertiary/aromatic N) is 3. The number of morpholine rings is 1. The van der Waals surface area contributed by atoms with Gasteiger partial charge in [-0.05, 0) is 0 Å². The average Bonchev–Trinajstić information content (AvgIpc) is 3.05. The molecule has 2 heterocycles. The van der Waals surface area contributed by atoms with Crippen LogP contribution in [-0.4, -0.2) is 49.2 Å². The van der Waals surface area contributed by atoms with Crippen LogP contribution in [0.4, 0.5) is 0 Å². The summed E-state index contributed by atoms with van der Waals surface area (Å²) in [6, 6.07) is 8.73. The first-order valence-corrected chi connectivity index (χ1v) is 8.79. The predicted octanol–water partition coefficient (Wildman–Crippen LogP) is 0.964. The summed E-state index contributed by atoms with van der Waals surface area (Å²) in [4.78, 5) is 4.34. The SMILES string of the molecule is CCNS(=O)(=O)N1CCOCC1c1nc(-c2ccccc2)no1. The lowest BCUT2D eigenvalue weighted by molar-refractivity contribution is 0.0198. The zero-order valence-corrected chi connectivity index (χ0v) is 13.5. The molecule has 1 fully saturated rings. The molecule has 0 amide bonds. The molecular weight excluding hydrogens is 320 g/mol. The van der Waals surface area contributed by atoms with Crippen molar-refractivity contribution in [1.82, 2.24) is 19.2 Å². The van der Waals surface area contributed by atoms with Gasteiger partial charge in [-0.15, -0.1) is 0 Å². The van der Waals surface area contributed by atoms with Crippen molar-refractivity contribution in [2.24, 2.45) is 0 Å². The Morgan fingerprint density at radius 3 is 2.87 bits per heavy atom. The highest BCUT2D eigenvalue weighted by atomic mass is 32.2. The molecule has 3 rings (SSSR count). The monoisotopic (exact) mass is 338 g/mol. The smallest absolute Gasteiger partial charge is 0.280 e. The first kappa shape index (κ1) is 16.1. The van der Waals surface area contributed by atoms with Crippen LogP contribution in [0.5, 0.6) is 0 Å². The Labute approximate surface area is 134 Å². The van der Waals surface area contributed by atoms with Crippen molar-refractivity contribution >= 4 is 10.2 Å². The van der Waals surface area contributed by atoms with Crippen LogP contribution >= 0.6 is 0 Å². The summed E-state index contributed by atoms with van der Waals surface area (Å²) in [5.41, 5.74) is 0.806. The zero-order valence-electron chi connectivity index (χ0n) is 12.7. The van der Waals surface area contributed by atoms with Gasteiger partial charge >= 0.3 is 0 Å². The fourth-order valence-electron chi connectivity index (χ4n) is 2.41. The van der Waals surface area contributed by atoms with Crippen molar-refractivity contribution in [3.8, 4) is 11.4 Å². The number of benzene rings is 1. The largest absolute Gasteiger partial charge is 0.378 e. The van der Waals surface area contributed by atoms with Crippen LogP contribution in [-0.2, 0) is 14.9 Å². The second kappa shape index (κ2) is 6.75. The van der Waals surface area contributed by atoms with Crippen LogP contribution in [0.3, 0.4) is 0 Å². The number of aromatic nitrogens is 2. The second-order valence-corrected chi connectivity index (χ2v) is 6.73. The standard InChI is InChI=1S/C14H18N4O4S/c1-2-15-23(19,20)18-8-9-21-10-12(18)14-16-13(17-22-14)11-6-4-3-5-7-11/h3-7,12,15H,2,8-10H2,1H3. The van der Waals surface area contributed by atoms with Crippen molar-refractivity contribution in [3.05, 3.63) is 36.2 Å². The molecule has 0 aliphatic carbocycles. The Bertz CT molecular complexity index is 747. The maximum absolute atomic E-state index is 12.3. The van der Waals surface area contributed by atoms with E-state index < -0.39 is 16.3 Å². The molecule has 124 valence electrons. The van der Waals surface area contributed by atoms with Crippen LogP contribution in [0.2, 0.25) is 0 Å². The van der Waals surface area contributed by atoms with E-state index in [-0.39, 0.29) is 19.0 Å². The fourth-order valence-corrected chi connectivity index (χ4v) is 3.74. The van der Waals surface area contributed by atoms with Gasteiger partial charge in [0, 0.05) is 18.7 Å². The summed E-state index contributed by atoms with van der Waals surface area (Å²) in [5.74, 6) is 0.650. The minimum Gasteiger partial charge on any atom is -0.378 e. The topological polar surface area (TPSA) is 97.6 Å². The van der Waals surface area contributed by atoms with Gasteiger partial charge in [-0.1, -0.05) is 42.4 Å². The highest BCUT2D eigenvalue weighted by Crippen LogP contribution is 2.27. The van der Waals surface area contributed by atoms with Gasteiger partial charge in [0.2, 0.25) is 11.7 Å². The summed E-state index contributed by atoms with van der Waals surface area (Å²) in [6.45, 7) is 2.80. The Kier molecular flexibility index (Phi) is 4.71. The van der Waals surface area contributed by atoms with E-state index >= 15 is 0 Å². The van der Waals surface area contributed by atoms with E-state index in [4.69, 9.17) is 9.26 Å². The molecule has 1 aliphatic heterocycles. The maximum Gasteiger partial charge on any atom is 0.280 e. The molecule has 1 saturated heterocycles. The third kappa shape index (κ3) is 3.42. The minimum absolute atomic E-state index is 0.182. The third-order valence-corrected chi connectivity index (χ3v) is 5.18. The van der Waals surface area contributed by atoms with E-state index in [2.05, 4.69) is 14.9 Å². The maximum atomic E-state index is 12.3. The highest BCUT2D eigenvalue weighted by molar-refractivity contribution is 7.87. The molecule has 1 aromatic heterocycles. The second-order valence-electron chi connectivity index (χ2n) is 5.03. The minimum atomic E-state index is -3.61. The van der Waals surface area contributed by atoms with Crippen LogP contribution in [0.1, 0.15) is 18.9 Å². The molecule has 0 radical (unpaired) electrons. The van der Waals surface area contributed by atoms with Crippen LogP contribution in [0.15, 0.2) is 34.9 Å². The first-order chi connectivity index (χ1) is 11.1. The van der Waals surface area contributed by atoms with Gasteiger partial charge < -0.3 is 9.26 Å². The molecule has 8 nitrogen and oxygen atoms in total. The van der Waals surface area contributed by atoms with Gasteiger partial charge in [-0.2, -0.15) is 17.7 Å². The molecule has 23 heavy (non-hydrogen) atoms. The summed E-state index contributed by atoms with van der Waals surface area (Å²) >= 11 is 0. The van der Waals surface area contributed by atoms with Crippen molar-refractivity contribution in [2.45, 2.75) is 13.0 Å². The summed E-state index contributed by atoms with van der Waals surface area (Å²) in [6.07, 6.45) is 0. The molecule has 0 bridgehead atoms. The lowest BCUT2D eigenvalue weighted by Crippen LogP contribution is -2.48. The molecule has 1 atom stereocenters. The van der Waals surface area contributed by atoms with Crippen molar-refractivity contribution < 1.29 is 17.7 Å². The van der Waals surface area contributed by atoms with E-state index in [0.717, 1.165) is 5.56 Å². The van der Waals surface area contributed by atoms with Gasteiger partial charge in [0.05, 0.1) is 13.2 Å². The van der Waals surface area contributed by atoms with Gasteiger partial charge in [-0.3, -0.25) is 0 Å².